The lowest BCUT2D eigenvalue weighted by molar-refractivity contribution is -0.138. The van der Waals surface area contributed by atoms with Crippen molar-refractivity contribution >= 4 is 15.9 Å². The number of rotatable bonds is 3. The van der Waals surface area contributed by atoms with Crippen LogP contribution in [0.2, 0.25) is 0 Å². The fourth-order valence-electron chi connectivity index (χ4n) is 3.31. The third kappa shape index (κ3) is 4.01. The zero-order valence-corrected chi connectivity index (χ0v) is 13.9. The molecule has 0 heterocycles. The summed E-state index contributed by atoms with van der Waals surface area (Å²) in [5, 5.41) is 3.12. The summed E-state index contributed by atoms with van der Waals surface area (Å²) < 4.78 is 40.4. The molecular weight excluding hydrogens is 343 g/mol. The van der Waals surface area contributed by atoms with Crippen molar-refractivity contribution in [3.05, 3.63) is 33.8 Å². The van der Waals surface area contributed by atoms with Crippen LogP contribution in [0.3, 0.4) is 0 Å². The van der Waals surface area contributed by atoms with E-state index in [0.29, 0.717) is 16.0 Å². The second kappa shape index (κ2) is 6.69. The number of hydrogen-bond donors (Lipinski definition) is 1. The number of alkyl halides is 3. The average Bonchev–Trinajstić information content (AvgIpc) is 2.42. The number of hydrogen-bond acceptors (Lipinski definition) is 1. The number of nitrogens with one attached hydrogen (secondary N) is 1. The van der Waals surface area contributed by atoms with Gasteiger partial charge in [0.15, 0.2) is 0 Å². The van der Waals surface area contributed by atoms with E-state index in [0.717, 1.165) is 25.7 Å². The van der Waals surface area contributed by atoms with Crippen LogP contribution in [0.25, 0.3) is 0 Å². The maximum Gasteiger partial charge on any atom is 0.416 e. The van der Waals surface area contributed by atoms with Gasteiger partial charge in [-0.2, -0.15) is 13.2 Å². The summed E-state index contributed by atoms with van der Waals surface area (Å²) in [5.74, 6) is 0.958. The molecule has 1 saturated carbocycles. The van der Waals surface area contributed by atoms with Gasteiger partial charge >= 0.3 is 6.18 Å². The molecule has 1 N–H and O–H groups in total. The van der Waals surface area contributed by atoms with E-state index in [-0.39, 0.29) is 12.0 Å². The minimum Gasteiger partial charge on any atom is -0.313 e. The van der Waals surface area contributed by atoms with Gasteiger partial charge in [0, 0.05) is 10.5 Å². The van der Waals surface area contributed by atoms with Crippen molar-refractivity contribution in [3.8, 4) is 0 Å². The van der Waals surface area contributed by atoms with Crippen LogP contribution in [0.5, 0.6) is 0 Å². The summed E-state index contributed by atoms with van der Waals surface area (Å²) in [4.78, 5) is 0. The monoisotopic (exact) mass is 363 g/mol. The highest BCUT2D eigenvalue weighted by molar-refractivity contribution is 9.10. The van der Waals surface area contributed by atoms with E-state index < -0.39 is 11.7 Å². The summed E-state index contributed by atoms with van der Waals surface area (Å²) >= 11 is 3.14. The number of benzene rings is 1. The Balaban J connectivity index is 2.34. The van der Waals surface area contributed by atoms with Crippen LogP contribution in [0, 0.1) is 11.8 Å². The Morgan fingerprint density at radius 3 is 2.33 bits per heavy atom. The van der Waals surface area contributed by atoms with Gasteiger partial charge in [-0.05, 0) is 49.4 Å². The first-order chi connectivity index (χ1) is 9.82. The first-order valence-corrected chi connectivity index (χ1v) is 8.16. The van der Waals surface area contributed by atoms with Crippen LogP contribution in [0.1, 0.15) is 49.8 Å². The van der Waals surface area contributed by atoms with Gasteiger partial charge in [-0.3, -0.25) is 0 Å². The van der Waals surface area contributed by atoms with Gasteiger partial charge in [0.1, 0.15) is 0 Å². The highest BCUT2D eigenvalue weighted by Crippen LogP contribution is 2.42. The van der Waals surface area contributed by atoms with Gasteiger partial charge in [0.25, 0.3) is 0 Å². The molecule has 5 heteroatoms. The molecule has 1 aliphatic carbocycles. The Hall–Kier alpha value is -0.550. The summed E-state index contributed by atoms with van der Waals surface area (Å²) in [6.07, 6.45) is -0.155. The Morgan fingerprint density at radius 2 is 1.81 bits per heavy atom. The first kappa shape index (κ1) is 16.8. The van der Waals surface area contributed by atoms with Crippen molar-refractivity contribution in [3.63, 3.8) is 0 Å². The van der Waals surface area contributed by atoms with Gasteiger partial charge < -0.3 is 5.32 Å². The van der Waals surface area contributed by atoms with Crippen molar-refractivity contribution in [2.24, 2.45) is 11.8 Å². The highest BCUT2D eigenvalue weighted by atomic mass is 79.9. The molecule has 0 aromatic heterocycles. The van der Waals surface area contributed by atoms with Crippen molar-refractivity contribution in [1.82, 2.24) is 5.32 Å². The summed E-state index contributed by atoms with van der Waals surface area (Å²) in [7, 11) is 1.75. The first-order valence-electron chi connectivity index (χ1n) is 7.36. The predicted molar refractivity (Wildman–Crippen MR) is 82.1 cm³/mol. The molecule has 1 fully saturated rings. The normalized spacial score (nSPS) is 24.9. The fraction of sp³-hybridized carbons (Fsp3) is 0.625. The zero-order chi connectivity index (χ0) is 15.6. The van der Waals surface area contributed by atoms with E-state index in [1.165, 1.54) is 6.07 Å². The zero-order valence-electron chi connectivity index (χ0n) is 12.3. The van der Waals surface area contributed by atoms with Crippen molar-refractivity contribution in [1.29, 1.82) is 0 Å². The molecule has 0 bridgehead atoms. The Morgan fingerprint density at radius 1 is 1.19 bits per heavy atom. The minimum atomic E-state index is -4.32. The SMILES string of the molecule is CNC(c1ccc(Br)cc1C(F)(F)F)C1CCC(C)CC1. The molecule has 0 radical (unpaired) electrons. The van der Waals surface area contributed by atoms with Crippen LogP contribution < -0.4 is 5.32 Å². The Labute approximate surface area is 132 Å². The maximum atomic E-state index is 13.3. The van der Waals surface area contributed by atoms with Crippen molar-refractivity contribution in [2.45, 2.75) is 44.8 Å². The summed E-state index contributed by atoms with van der Waals surface area (Å²) in [6, 6.07) is 4.25. The second-order valence-corrected chi connectivity index (χ2v) is 6.93. The lowest BCUT2D eigenvalue weighted by Gasteiger charge is -2.34. The van der Waals surface area contributed by atoms with E-state index in [9.17, 15) is 13.2 Å². The molecule has 0 aliphatic heterocycles. The molecular formula is C16H21BrF3N. The molecule has 0 saturated heterocycles. The summed E-state index contributed by atoms with van der Waals surface area (Å²) in [5.41, 5.74) is -0.164. The molecule has 1 nitrogen and oxygen atoms in total. The third-order valence-corrected chi connectivity index (χ3v) is 4.99. The van der Waals surface area contributed by atoms with Gasteiger partial charge in [-0.15, -0.1) is 0 Å². The Bertz CT molecular complexity index is 479. The van der Waals surface area contributed by atoms with Gasteiger partial charge in [0.2, 0.25) is 0 Å². The predicted octanol–water partition coefficient (Wildman–Crippen LogP) is 5.55. The molecule has 1 aliphatic rings. The molecule has 1 aromatic rings. The maximum absolute atomic E-state index is 13.3. The van der Waals surface area contributed by atoms with E-state index in [1.807, 2.05) is 0 Å². The molecule has 0 spiro atoms. The van der Waals surface area contributed by atoms with Crippen LogP contribution in [0.15, 0.2) is 22.7 Å². The summed E-state index contributed by atoms with van der Waals surface area (Å²) in [6.45, 7) is 2.21. The van der Waals surface area contributed by atoms with E-state index in [1.54, 1.807) is 19.2 Å². The minimum absolute atomic E-state index is 0.234. The van der Waals surface area contributed by atoms with Crippen LogP contribution in [-0.4, -0.2) is 7.05 Å². The smallest absolute Gasteiger partial charge is 0.313 e. The quantitative estimate of drug-likeness (QED) is 0.741. The third-order valence-electron chi connectivity index (χ3n) is 4.50. The average molecular weight is 364 g/mol. The van der Waals surface area contributed by atoms with E-state index in [4.69, 9.17) is 0 Å². The van der Waals surface area contributed by atoms with Gasteiger partial charge in [0.05, 0.1) is 5.56 Å². The van der Waals surface area contributed by atoms with Crippen LogP contribution >= 0.6 is 15.9 Å². The fourth-order valence-corrected chi connectivity index (χ4v) is 3.67. The lowest BCUT2D eigenvalue weighted by Crippen LogP contribution is -2.30. The molecule has 1 unspecified atom stereocenters. The van der Waals surface area contributed by atoms with Crippen LogP contribution in [0.4, 0.5) is 13.2 Å². The topological polar surface area (TPSA) is 12.0 Å². The Kier molecular flexibility index (Phi) is 5.36. The van der Waals surface area contributed by atoms with Crippen molar-refractivity contribution in [2.75, 3.05) is 7.05 Å². The molecule has 1 atom stereocenters. The molecule has 1 aromatic carbocycles. The van der Waals surface area contributed by atoms with Crippen LogP contribution in [-0.2, 0) is 6.18 Å². The highest BCUT2D eigenvalue weighted by Gasteiger charge is 2.37. The molecule has 21 heavy (non-hydrogen) atoms. The standard InChI is InChI=1S/C16H21BrF3N/c1-10-3-5-11(6-4-10)15(21-2)13-8-7-12(17)9-14(13)16(18,19)20/h7-11,15,21H,3-6H2,1-2H3. The largest absolute Gasteiger partial charge is 0.416 e. The molecule has 118 valence electrons. The van der Waals surface area contributed by atoms with E-state index in [2.05, 4.69) is 28.2 Å². The lowest BCUT2D eigenvalue weighted by atomic mass is 9.76. The van der Waals surface area contributed by atoms with E-state index >= 15 is 0 Å². The van der Waals surface area contributed by atoms with Gasteiger partial charge in [-0.25, -0.2) is 0 Å². The second-order valence-electron chi connectivity index (χ2n) is 6.02. The van der Waals surface area contributed by atoms with Crippen molar-refractivity contribution < 1.29 is 13.2 Å². The number of halogens is 4. The van der Waals surface area contributed by atoms with Gasteiger partial charge in [-0.1, -0.05) is 41.8 Å². The molecule has 0 amide bonds. The molecule has 2 rings (SSSR count).